The van der Waals surface area contributed by atoms with E-state index < -0.39 is 0 Å². The summed E-state index contributed by atoms with van der Waals surface area (Å²) in [6, 6.07) is 10.2. The number of ether oxygens (including phenoxy) is 1. The Kier molecular flexibility index (Phi) is 7.85. The highest BCUT2D eigenvalue weighted by atomic mass is 17.1. The summed E-state index contributed by atoms with van der Waals surface area (Å²) < 4.78 is 8.21. The first-order valence-electron chi connectivity index (χ1n) is 12.0. The average Bonchev–Trinajstić information content (AvgIpc) is 3.12. The summed E-state index contributed by atoms with van der Waals surface area (Å²) in [5.74, 6) is 0.654. The van der Waals surface area contributed by atoms with Gasteiger partial charge in [-0.1, -0.05) is 0 Å². The molecule has 0 atom stereocenters. The molecule has 0 aliphatic rings. The number of pyridine rings is 1. The summed E-state index contributed by atoms with van der Waals surface area (Å²) in [7, 11) is 6.03. The smallest absolute Gasteiger partial charge is 0.270 e. The number of fused-ring (bicyclic) bond motifs is 4. The van der Waals surface area contributed by atoms with E-state index in [0.717, 1.165) is 69.7 Å². The fourth-order valence-electron chi connectivity index (χ4n) is 4.65. The molecular weight excluding hydrogens is 444 g/mol. The van der Waals surface area contributed by atoms with Gasteiger partial charge in [0.05, 0.1) is 18.7 Å². The molecule has 0 saturated carbocycles. The molecule has 0 saturated heterocycles. The molecule has 186 valence electrons. The lowest BCUT2D eigenvalue weighted by atomic mass is 10.00. The van der Waals surface area contributed by atoms with Gasteiger partial charge in [-0.15, -0.1) is 0 Å². The van der Waals surface area contributed by atoms with Gasteiger partial charge in [0.25, 0.3) is 5.91 Å². The van der Waals surface area contributed by atoms with Crippen molar-refractivity contribution < 1.29 is 19.7 Å². The molecule has 35 heavy (non-hydrogen) atoms. The minimum absolute atomic E-state index is 0.160. The van der Waals surface area contributed by atoms with Crippen LogP contribution in [0.5, 0.6) is 5.75 Å². The van der Waals surface area contributed by atoms with Crippen molar-refractivity contribution in [1.82, 2.24) is 19.8 Å². The van der Waals surface area contributed by atoms with E-state index in [1.54, 1.807) is 6.20 Å². The lowest BCUT2D eigenvalue weighted by Gasteiger charge is -2.12. The quantitative estimate of drug-likeness (QED) is 0.187. The standard InChI is InChI=1S/C27H34N4O4/c1-18-20-10-11-28-25(27(32)29-12-13-30(2)3)22(20)17-23-21-16-19(34-14-6-5-7-15-35-33)8-9-24(21)31(4)26(18)23/h8-11,16-17,33H,5-7,12-15H2,1-4H3,(H,29,32). The highest BCUT2D eigenvalue weighted by Gasteiger charge is 2.18. The number of carbonyl (C=O) groups excluding carboxylic acids is 1. The number of carbonyl (C=O) groups is 1. The zero-order valence-corrected chi connectivity index (χ0v) is 20.9. The van der Waals surface area contributed by atoms with Gasteiger partial charge in [-0.05, 0) is 81.6 Å². The lowest BCUT2D eigenvalue weighted by Crippen LogP contribution is -2.31. The molecule has 0 unspecified atom stereocenters. The zero-order chi connectivity index (χ0) is 24.9. The van der Waals surface area contributed by atoms with E-state index in [0.29, 0.717) is 25.5 Å². The predicted octanol–water partition coefficient (Wildman–Crippen LogP) is 4.52. The fourth-order valence-corrected chi connectivity index (χ4v) is 4.65. The molecule has 0 radical (unpaired) electrons. The van der Waals surface area contributed by atoms with Crippen molar-refractivity contribution in [3.63, 3.8) is 0 Å². The molecule has 8 heteroatoms. The molecule has 0 fully saturated rings. The minimum Gasteiger partial charge on any atom is -0.494 e. The van der Waals surface area contributed by atoms with Crippen molar-refractivity contribution in [3.05, 3.63) is 47.8 Å². The van der Waals surface area contributed by atoms with Crippen molar-refractivity contribution in [1.29, 1.82) is 0 Å². The Morgan fingerprint density at radius 1 is 1.06 bits per heavy atom. The number of aryl methyl sites for hydroxylation is 2. The summed E-state index contributed by atoms with van der Waals surface area (Å²) in [5.41, 5.74) is 3.81. The summed E-state index contributed by atoms with van der Waals surface area (Å²) in [6.07, 6.45) is 4.32. The van der Waals surface area contributed by atoms with Crippen LogP contribution in [-0.2, 0) is 11.9 Å². The Balaban J connectivity index is 1.71. The highest BCUT2D eigenvalue weighted by molar-refractivity contribution is 6.17. The number of nitrogens with one attached hydrogen (secondary N) is 1. The first kappa shape index (κ1) is 24.9. The van der Waals surface area contributed by atoms with E-state index >= 15 is 0 Å². The second-order valence-corrected chi connectivity index (χ2v) is 9.19. The van der Waals surface area contributed by atoms with Gasteiger partial charge in [-0.3, -0.25) is 15.0 Å². The molecule has 2 aromatic heterocycles. The number of aromatic nitrogens is 2. The number of benzene rings is 2. The van der Waals surface area contributed by atoms with E-state index in [2.05, 4.69) is 51.9 Å². The van der Waals surface area contributed by atoms with Crippen LogP contribution in [0.2, 0.25) is 0 Å². The van der Waals surface area contributed by atoms with Gasteiger partial charge in [0.15, 0.2) is 0 Å². The van der Waals surface area contributed by atoms with Crippen LogP contribution < -0.4 is 10.1 Å². The minimum atomic E-state index is -0.160. The van der Waals surface area contributed by atoms with Gasteiger partial charge in [-0.2, -0.15) is 0 Å². The van der Waals surface area contributed by atoms with Gasteiger partial charge >= 0.3 is 0 Å². The molecule has 0 spiro atoms. The molecule has 4 rings (SSSR count). The summed E-state index contributed by atoms with van der Waals surface area (Å²) in [4.78, 5) is 23.6. The summed E-state index contributed by atoms with van der Waals surface area (Å²) >= 11 is 0. The molecular formula is C27H34N4O4. The second-order valence-electron chi connectivity index (χ2n) is 9.19. The van der Waals surface area contributed by atoms with Gasteiger partial charge in [0.2, 0.25) is 0 Å². The van der Waals surface area contributed by atoms with E-state index in [1.165, 1.54) is 0 Å². The monoisotopic (exact) mass is 478 g/mol. The molecule has 0 bridgehead atoms. The molecule has 2 aromatic carbocycles. The number of rotatable bonds is 11. The van der Waals surface area contributed by atoms with Gasteiger partial charge in [0.1, 0.15) is 11.4 Å². The van der Waals surface area contributed by atoms with Crippen molar-refractivity contribution in [2.24, 2.45) is 7.05 Å². The van der Waals surface area contributed by atoms with Crippen LogP contribution in [0.25, 0.3) is 32.6 Å². The van der Waals surface area contributed by atoms with Crippen LogP contribution in [0.15, 0.2) is 36.5 Å². The summed E-state index contributed by atoms with van der Waals surface area (Å²) in [6.45, 7) is 4.38. The molecule has 0 aliphatic heterocycles. The SMILES string of the molecule is Cc1c2ccnc(C(=O)NCCN(C)C)c2cc2c3cc(OCCCCCOO)ccc3n(C)c12. The third kappa shape index (κ3) is 5.24. The van der Waals surface area contributed by atoms with E-state index in [-0.39, 0.29) is 5.91 Å². The molecule has 4 aromatic rings. The number of hydrogen-bond donors (Lipinski definition) is 2. The maximum absolute atomic E-state index is 13.0. The first-order chi connectivity index (χ1) is 16.9. The van der Waals surface area contributed by atoms with Crippen LogP contribution in [0.1, 0.15) is 35.3 Å². The molecule has 2 heterocycles. The van der Waals surface area contributed by atoms with E-state index in [1.807, 2.05) is 31.1 Å². The zero-order valence-electron chi connectivity index (χ0n) is 20.9. The van der Waals surface area contributed by atoms with Crippen LogP contribution in [-0.4, -0.2) is 66.0 Å². The van der Waals surface area contributed by atoms with Gasteiger partial charge in [-0.25, -0.2) is 4.89 Å². The molecule has 1 amide bonds. The van der Waals surface area contributed by atoms with E-state index in [4.69, 9.17) is 9.99 Å². The van der Waals surface area contributed by atoms with Crippen LogP contribution >= 0.6 is 0 Å². The van der Waals surface area contributed by atoms with Crippen molar-refractivity contribution in [2.75, 3.05) is 40.4 Å². The average molecular weight is 479 g/mol. The molecule has 2 N–H and O–H groups in total. The largest absolute Gasteiger partial charge is 0.494 e. The van der Waals surface area contributed by atoms with Gasteiger partial charge < -0.3 is 19.5 Å². The maximum Gasteiger partial charge on any atom is 0.270 e. The van der Waals surface area contributed by atoms with E-state index in [9.17, 15) is 4.79 Å². The Morgan fingerprint density at radius 2 is 1.86 bits per heavy atom. The molecule has 8 nitrogen and oxygen atoms in total. The van der Waals surface area contributed by atoms with Crippen molar-refractivity contribution in [3.8, 4) is 5.75 Å². The Morgan fingerprint density at radius 3 is 2.63 bits per heavy atom. The Labute approximate surface area is 205 Å². The fraction of sp³-hybridized carbons (Fsp3) is 0.407. The number of nitrogens with zero attached hydrogens (tertiary/aromatic N) is 3. The van der Waals surface area contributed by atoms with Crippen LogP contribution in [0.3, 0.4) is 0 Å². The van der Waals surface area contributed by atoms with Crippen molar-refractivity contribution in [2.45, 2.75) is 26.2 Å². The summed E-state index contributed by atoms with van der Waals surface area (Å²) in [5, 5.41) is 15.5. The Hall–Kier alpha value is -3.20. The third-order valence-corrected chi connectivity index (χ3v) is 6.46. The van der Waals surface area contributed by atoms with Crippen LogP contribution in [0.4, 0.5) is 0 Å². The number of amides is 1. The second kappa shape index (κ2) is 11.0. The first-order valence-corrected chi connectivity index (χ1v) is 12.0. The highest BCUT2D eigenvalue weighted by Crippen LogP contribution is 2.37. The lowest BCUT2D eigenvalue weighted by molar-refractivity contribution is -0.242. The predicted molar refractivity (Wildman–Crippen MR) is 139 cm³/mol. The number of likely N-dealkylation sites (N-methyl/N-ethyl adjacent to an activating group) is 1. The van der Waals surface area contributed by atoms with Crippen molar-refractivity contribution >= 4 is 38.5 Å². The normalized spacial score (nSPS) is 11.7. The Bertz CT molecular complexity index is 1350. The van der Waals surface area contributed by atoms with Crippen LogP contribution in [0, 0.1) is 6.92 Å². The third-order valence-electron chi connectivity index (χ3n) is 6.46. The topological polar surface area (TPSA) is 88.9 Å². The number of hydrogen-bond acceptors (Lipinski definition) is 6. The number of unbranched alkanes of at least 4 members (excludes halogenated alkanes) is 2. The maximum atomic E-state index is 13.0. The molecule has 0 aliphatic carbocycles. The van der Waals surface area contributed by atoms with Gasteiger partial charge in [0, 0.05) is 48.0 Å².